The van der Waals surface area contributed by atoms with Crippen LogP contribution in [0.15, 0.2) is 65.2 Å². The second-order valence-corrected chi connectivity index (χ2v) is 5.06. The Labute approximate surface area is 138 Å². The molecule has 0 aliphatic heterocycles. The summed E-state index contributed by atoms with van der Waals surface area (Å²) < 4.78 is 5.21. The number of carbonyl (C=O) groups excluding carboxylic acids is 2. The number of nitrogens with one attached hydrogen (secondary N) is 2. The predicted octanol–water partition coefficient (Wildman–Crippen LogP) is 2.95. The zero-order valence-electron chi connectivity index (χ0n) is 12.9. The fraction of sp³-hybridized carbons (Fsp3) is 0.0556. The van der Waals surface area contributed by atoms with Crippen molar-refractivity contribution in [3.05, 3.63) is 71.9 Å². The molecule has 0 fully saturated rings. The highest BCUT2D eigenvalue weighted by Crippen LogP contribution is 2.20. The molecule has 3 rings (SSSR count). The van der Waals surface area contributed by atoms with Crippen molar-refractivity contribution in [3.63, 3.8) is 0 Å². The quantitative estimate of drug-likeness (QED) is 0.774. The minimum absolute atomic E-state index is 0.166. The Kier molecular flexibility index (Phi) is 4.38. The molecule has 24 heavy (non-hydrogen) atoms. The molecule has 120 valence electrons. The molecule has 1 aromatic heterocycles. The summed E-state index contributed by atoms with van der Waals surface area (Å²) in [5.41, 5.74) is 1.97. The monoisotopic (exact) mass is 321 g/mol. The van der Waals surface area contributed by atoms with Crippen molar-refractivity contribution in [3.8, 4) is 11.3 Å². The molecule has 0 unspecified atom stereocenters. The number of benzene rings is 2. The Hall–Kier alpha value is -3.41. The van der Waals surface area contributed by atoms with Crippen LogP contribution in [0.3, 0.4) is 0 Å². The third kappa shape index (κ3) is 3.33. The second kappa shape index (κ2) is 6.78. The molecule has 0 radical (unpaired) electrons. The number of rotatable bonds is 4. The van der Waals surface area contributed by atoms with Crippen molar-refractivity contribution in [2.45, 2.75) is 0 Å². The van der Waals surface area contributed by atoms with Crippen LogP contribution < -0.4 is 10.6 Å². The summed E-state index contributed by atoms with van der Waals surface area (Å²) in [6, 6.07) is 17.6. The van der Waals surface area contributed by atoms with Gasteiger partial charge in [0.1, 0.15) is 0 Å². The summed E-state index contributed by atoms with van der Waals surface area (Å²) in [5, 5.41) is 9.03. The van der Waals surface area contributed by atoms with E-state index in [-0.39, 0.29) is 11.6 Å². The van der Waals surface area contributed by atoms with E-state index in [4.69, 9.17) is 4.52 Å². The van der Waals surface area contributed by atoms with Crippen molar-refractivity contribution in [2.24, 2.45) is 0 Å². The number of anilines is 1. The van der Waals surface area contributed by atoms with Crippen LogP contribution in [-0.2, 0) is 0 Å². The van der Waals surface area contributed by atoms with E-state index in [1.165, 1.54) is 0 Å². The van der Waals surface area contributed by atoms with Crippen LogP contribution in [0.25, 0.3) is 11.3 Å². The number of hydrogen-bond acceptors (Lipinski definition) is 4. The lowest BCUT2D eigenvalue weighted by molar-refractivity contribution is 0.0961. The molecule has 3 aromatic rings. The molecule has 0 spiro atoms. The Balaban J connectivity index is 1.76. The molecule has 2 N–H and O–H groups in total. The third-order valence-electron chi connectivity index (χ3n) is 3.41. The first-order valence-electron chi connectivity index (χ1n) is 7.33. The van der Waals surface area contributed by atoms with Gasteiger partial charge < -0.3 is 15.2 Å². The van der Waals surface area contributed by atoms with E-state index in [1.54, 1.807) is 37.4 Å². The minimum atomic E-state index is -0.407. The van der Waals surface area contributed by atoms with Gasteiger partial charge in [-0.25, -0.2) is 0 Å². The van der Waals surface area contributed by atoms with Gasteiger partial charge >= 0.3 is 0 Å². The summed E-state index contributed by atoms with van der Waals surface area (Å²) in [5.74, 6) is -0.117. The van der Waals surface area contributed by atoms with E-state index in [0.29, 0.717) is 17.0 Å². The van der Waals surface area contributed by atoms with Gasteiger partial charge in [-0.1, -0.05) is 41.6 Å². The summed E-state index contributed by atoms with van der Waals surface area (Å²) in [6.45, 7) is 0. The van der Waals surface area contributed by atoms with Gasteiger partial charge in [-0.3, -0.25) is 9.59 Å². The maximum atomic E-state index is 12.3. The van der Waals surface area contributed by atoms with Crippen LogP contribution in [0, 0.1) is 0 Å². The maximum Gasteiger partial charge on any atom is 0.277 e. The van der Waals surface area contributed by atoms with Crippen LogP contribution in [0.4, 0.5) is 5.69 Å². The molecule has 2 aromatic carbocycles. The first-order chi connectivity index (χ1) is 11.7. The van der Waals surface area contributed by atoms with Crippen molar-refractivity contribution in [1.29, 1.82) is 0 Å². The fourth-order valence-electron chi connectivity index (χ4n) is 2.20. The lowest BCUT2D eigenvalue weighted by atomic mass is 10.1. The highest BCUT2D eigenvalue weighted by Gasteiger charge is 2.14. The van der Waals surface area contributed by atoms with E-state index >= 15 is 0 Å². The summed E-state index contributed by atoms with van der Waals surface area (Å²) in [7, 11) is 1.55. The molecular weight excluding hydrogens is 306 g/mol. The molecule has 6 heteroatoms. The Morgan fingerprint density at radius 3 is 2.50 bits per heavy atom. The van der Waals surface area contributed by atoms with Crippen molar-refractivity contribution >= 4 is 17.5 Å². The van der Waals surface area contributed by atoms with E-state index in [9.17, 15) is 9.59 Å². The smallest absolute Gasteiger partial charge is 0.277 e. The van der Waals surface area contributed by atoms with E-state index in [1.807, 2.05) is 30.3 Å². The predicted molar refractivity (Wildman–Crippen MR) is 89.7 cm³/mol. The molecule has 1 heterocycles. The highest BCUT2D eigenvalue weighted by molar-refractivity contribution is 6.04. The number of hydrogen-bond donors (Lipinski definition) is 2. The molecule has 6 nitrogen and oxygen atoms in total. The molecule has 0 aliphatic rings. The van der Waals surface area contributed by atoms with Crippen LogP contribution in [0.1, 0.15) is 20.8 Å². The standard InChI is InChI=1S/C18H15N3O3/c1-19-17(22)13-8-5-9-14(10-13)20-18(23)15-11-16(24-21-15)12-6-3-2-4-7-12/h2-11H,1H3,(H,19,22)(H,20,23). The van der Waals surface area contributed by atoms with Crippen LogP contribution in [0.2, 0.25) is 0 Å². The lowest BCUT2D eigenvalue weighted by Crippen LogP contribution is -2.18. The van der Waals surface area contributed by atoms with Gasteiger partial charge in [0.2, 0.25) is 0 Å². The van der Waals surface area contributed by atoms with Gasteiger partial charge in [-0.05, 0) is 18.2 Å². The normalized spacial score (nSPS) is 10.2. The Morgan fingerprint density at radius 2 is 1.75 bits per heavy atom. The second-order valence-electron chi connectivity index (χ2n) is 5.06. The van der Waals surface area contributed by atoms with E-state index in [0.717, 1.165) is 5.56 Å². The Morgan fingerprint density at radius 1 is 0.958 bits per heavy atom. The number of aromatic nitrogens is 1. The first-order valence-corrected chi connectivity index (χ1v) is 7.33. The summed E-state index contributed by atoms with van der Waals surface area (Å²) in [6.07, 6.45) is 0. The topological polar surface area (TPSA) is 84.2 Å². The van der Waals surface area contributed by atoms with Gasteiger partial charge in [-0.15, -0.1) is 0 Å². The minimum Gasteiger partial charge on any atom is -0.355 e. The molecular formula is C18H15N3O3. The zero-order chi connectivity index (χ0) is 16.9. The average molecular weight is 321 g/mol. The van der Waals surface area contributed by atoms with Gasteiger partial charge in [0.15, 0.2) is 11.5 Å². The summed E-state index contributed by atoms with van der Waals surface area (Å²) >= 11 is 0. The van der Waals surface area contributed by atoms with Crippen molar-refractivity contribution in [2.75, 3.05) is 12.4 Å². The number of amides is 2. The third-order valence-corrected chi connectivity index (χ3v) is 3.41. The lowest BCUT2D eigenvalue weighted by Gasteiger charge is -2.05. The van der Waals surface area contributed by atoms with Crippen LogP contribution in [-0.4, -0.2) is 24.0 Å². The van der Waals surface area contributed by atoms with Gasteiger partial charge in [-0.2, -0.15) is 0 Å². The van der Waals surface area contributed by atoms with E-state index < -0.39 is 5.91 Å². The molecule has 2 amide bonds. The number of carbonyl (C=O) groups is 2. The van der Waals surface area contributed by atoms with Crippen LogP contribution >= 0.6 is 0 Å². The zero-order valence-corrected chi connectivity index (χ0v) is 12.9. The summed E-state index contributed by atoms with van der Waals surface area (Å²) in [4.78, 5) is 23.9. The van der Waals surface area contributed by atoms with Crippen LogP contribution in [0.5, 0.6) is 0 Å². The fourth-order valence-corrected chi connectivity index (χ4v) is 2.20. The highest BCUT2D eigenvalue weighted by atomic mass is 16.5. The molecule has 0 aliphatic carbocycles. The van der Waals surface area contributed by atoms with Gasteiger partial charge in [0, 0.05) is 29.9 Å². The van der Waals surface area contributed by atoms with E-state index in [2.05, 4.69) is 15.8 Å². The maximum absolute atomic E-state index is 12.3. The first kappa shape index (κ1) is 15.5. The average Bonchev–Trinajstić information content (AvgIpc) is 3.12. The molecule has 0 bridgehead atoms. The molecule has 0 atom stereocenters. The molecule has 0 saturated heterocycles. The number of nitrogens with zero attached hydrogens (tertiary/aromatic N) is 1. The van der Waals surface area contributed by atoms with Gasteiger partial charge in [0.25, 0.3) is 11.8 Å². The van der Waals surface area contributed by atoms with Crippen molar-refractivity contribution in [1.82, 2.24) is 10.5 Å². The molecule has 0 saturated carbocycles. The largest absolute Gasteiger partial charge is 0.355 e. The SMILES string of the molecule is CNC(=O)c1cccc(NC(=O)c2cc(-c3ccccc3)on2)c1. The Bertz CT molecular complexity index is 872. The van der Waals surface area contributed by atoms with Gasteiger partial charge in [0.05, 0.1) is 0 Å². The van der Waals surface area contributed by atoms with Crippen molar-refractivity contribution < 1.29 is 14.1 Å².